The molecule has 2 heterocycles. The lowest BCUT2D eigenvalue weighted by Crippen LogP contribution is -2.41. The van der Waals surface area contributed by atoms with Crippen LogP contribution in [0.25, 0.3) is 11.1 Å². The fourth-order valence-corrected chi connectivity index (χ4v) is 5.49. The standard InChI is InChI=1S/C23H21F3N2O5S2/c24-23(25,26)33-18-5-1-16(2-6-18)17-3-7-19(8-4-17)35(30,31)27-20-9-14-34-21(20)15-22(29)28-10-12-32-13-11-28/h1-9,14,27H,10-13,15H2. The molecule has 12 heteroatoms. The number of halogens is 3. The van der Waals surface area contributed by atoms with Crippen molar-refractivity contribution in [2.45, 2.75) is 17.7 Å². The molecule has 0 saturated carbocycles. The SMILES string of the molecule is O=C(Cc1sccc1NS(=O)(=O)c1ccc(-c2ccc(OC(F)(F)F)cc2)cc1)N1CCOCC1. The quantitative estimate of drug-likeness (QED) is 0.490. The third-order valence-corrected chi connectivity index (χ3v) is 7.55. The van der Waals surface area contributed by atoms with Gasteiger partial charge in [-0.3, -0.25) is 9.52 Å². The Hall–Kier alpha value is -3.09. The van der Waals surface area contributed by atoms with Gasteiger partial charge in [-0.2, -0.15) is 0 Å². The molecule has 2 aromatic carbocycles. The van der Waals surface area contributed by atoms with Crippen LogP contribution in [0.15, 0.2) is 64.9 Å². The van der Waals surface area contributed by atoms with E-state index in [4.69, 9.17) is 4.74 Å². The number of anilines is 1. The van der Waals surface area contributed by atoms with Crippen molar-refractivity contribution in [3.8, 4) is 16.9 Å². The maximum atomic E-state index is 12.9. The van der Waals surface area contributed by atoms with Gasteiger partial charge in [-0.05, 0) is 46.8 Å². The number of hydrogen-bond acceptors (Lipinski definition) is 6. The van der Waals surface area contributed by atoms with Gasteiger partial charge in [0.1, 0.15) is 5.75 Å². The van der Waals surface area contributed by atoms with Gasteiger partial charge >= 0.3 is 6.36 Å². The number of morpholine rings is 1. The normalized spacial score (nSPS) is 14.5. The molecule has 35 heavy (non-hydrogen) atoms. The predicted molar refractivity (Wildman–Crippen MR) is 125 cm³/mol. The Labute approximate surface area is 204 Å². The molecule has 1 aliphatic rings. The third kappa shape index (κ3) is 6.53. The van der Waals surface area contributed by atoms with Gasteiger partial charge in [-0.25, -0.2) is 8.42 Å². The van der Waals surface area contributed by atoms with E-state index < -0.39 is 16.4 Å². The lowest BCUT2D eigenvalue weighted by molar-refractivity contribution is -0.274. The minimum atomic E-state index is -4.78. The van der Waals surface area contributed by atoms with E-state index in [1.165, 1.54) is 47.7 Å². The molecule has 1 amide bonds. The summed E-state index contributed by atoms with van der Waals surface area (Å²) < 4.78 is 74.5. The van der Waals surface area contributed by atoms with Crippen molar-refractivity contribution >= 4 is 33.0 Å². The van der Waals surface area contributed by atoms with Crippen molar-refractivity contribution in [2.24, 2.45) is 0 Å². The van der Waals surface area contributed by atoms with Gasteiger partial charge in [-0.1, -0.05) is 24.3 Å². The van der Waals surface area contributed by atoms with Crippen LogP contribution in [0.1, 0.15) is 4.88 Å². The first-order valence-electron chi connectivity index (χ1n) is 10.5. The molecule has 7 nitrogen and oxygen atoms in total. The minimum Gasteiger partial charge on any atom is -0.406 e. The molecule has 0 spiro atoms. The van der Waals surface area contributed by atoms with Crippen LogP contribution >= 0.6 is 11.3 Å². The van der Waals surface area contributed by atoms with Crippen LogP contribution in [-0.4, -0.2) is 51.9 Å². The van der Waals surface area contributed by atoms with Crippen LogP contribution in [0.3, 0.4) is 0 Å². The largest absolute Gasteiger partial charge is 0.573 e. The van der Waals surface area contributed by atoms with Crippen LogP contribution in [0, 0.1) is 0 Å². The molecule has 0 atom stereocenters. The number of carbonyl (C=O) groups excluding carboxylic acids is 1. The van der Waals surface area contributed by atoms with Crippen LogP contribution in [0.5, 0.6) is 5.75 Å². The van der Waals surface area contributed by atoms with E-state index in [9.17, 15) is 26.4 Å². The molecular formula is C23H21F3N2O5S2. The molecule has 0 bridgehead atoms. The Kier molecular flexibility index (Phi) is 7.33. The van der Waals surface area contributed by atoms with E-state index >= 15 is 0 Å². The molecule has 1 fully saturated rings. The number of hydrogen-bond donors (Lipinski definition) is 1. The molecule has 0 aliphatic carbocycles. The fraction of sp³-hybridized carbons (Fsp3) is 0.261. The number of ether oxygens (including phenoxy) is 2. The van der Waals surface area contributed by atoms with Gasteiger partial charge in [0.05, 0.1) is 30.2 Å². The van der Waals surface area contributed by atoms with Crippen molar-refractivity contribution in [1.82, 2.24) is 4.90 Å². The van der Waals surface area contributed by atoms with Gasteiger partial charge in [0, 0.05) is 18.0 Å². The molecule has 3 aromatic rings. The van der Waals surface area contributed by atoms with Gasteiger partial charge < -0.3 is 14.4 Å². The first-order chi connectivity index (χ1) is 16.6. The molecule has 1 N–H and O–H groups in total. The average Bonchev–Trinajstić information content (AvgIpc) is 3.25. The van der Waals surface area contributed by atoms with E-state index in [-0.39, 0.29) is 23.0 Å². The highest BCUT2D eigenvalue weighted by atomic mass is 32.2. The fourth-order valence-electron chi connectivity index (χ4n) is 3.51. The topological polar surface area (TPSA) is 84.9 Å². The lowest BCUT2D eigenvalue weighted by atomic mass is 10.1. The van der Waals surface area contributed by atoms with Crippen LogP contribution in [0.2, 0.25) is 0 Å². The lowest BCUT2D eigenvalue weighted by Gasteiger charge is -2.26. The van der Waals surface area contributed by atoms with Crippen molar-refractivity contribution < 1.29 is 35.9 Å². The number of rotatable bonds is 7. The maximum absolute atomic E-state index is 12.9. The zero-order valence-corrected chi connectivity index (χ0v) is 19.9. The molecule has 0 unspecified atom stereocenters. The van der Waals surface area contributed by atoms with Crippen molar-refractivity contribution in [2.75, 3.05) is 31.0 Å². The van der Waals surface area contributed by atoms with Crippen molar-refractivity contribution in [3.05, 3.63) is 64.9 Å². The van der Waals surface area contributed by atoms with Gasteiger partial charge in [0.25, 0.3) is 10.0 Å². The second-order valence-corrected chi connectivity index (χ2v) is 10.3. The van der Waals surface area contributed by atoms with E-state index in [0.717, 1.165) is 0 Å². The van der Waals surface area contributed by atoms with Crippen LogP contribution < -0.4 is 9.46 Å². The number of alkyl halides is 3. The number of thiophene rings is 1. The summed E-state index contributed by atoms with van der Waals surface area (Å²) in [6.45, 7) is 1.99. The summed E-state index contributed by atoms with van der Waals surface area (Å²) in [5.41, 5.74) is 1.56. The van der Waals surface area contributed by atoms with Crippen LogP contribution in [-0.2, 0) is 26.0 Å². The average molecular weight is 527 g/mol. The zero-order valence-electron chi connectivity index (χ0n) is 18.2. The van der Waals surface area contributed by atoms with Gasteiger partial charge in [0.15, 0.2) is 0 Å². The molecule has 0 radical (unpaired) electrons. The summed E-state index contributed by atoms with van der Waals surface area (Å²) in [5.74, 6) is -0.435. The Morgan fingerprint density at radius 2 is 1.60 bits per heavy atom. The highest BCUT2D eigenvalue weighted by Gasteiger charge is 2.31. The number of nitrogens with zero attached hydrogens (tertiary/aromatic N) is 1. The van der Waals surface area contributed by atoms with E-state index in [1.54, 1.807) is 28.5 Å². The first-order valence-corrected chi connectivity index (χ1v) is 12.9. The van der Waals surface area contributed by atoms with Crippen molar-refractivity contribution in [3.63, 3.8) is 0 Å². The maximum Gasteiger partial charge on any atom is 0.573 e. The first kappa shape index (κ1) is 25.0. The summed E-state index contributed by atoms with van der Waals surface area (Å²) in [4.78, 5) is 14.9. The molecule has 4 rings (SSSR count). The van der Waals surface area contributed by atoms with E-state index in [0.29, 0.717) is 48.0 Å². The van der Waals surface area contributed by atoms with Gasteiger partial charge in [-0.15, -0.1) is 24.5 Å². The highest BCUT2D eigenvalue weighted by Crippen LogP contribution is 2.29. The molecule has 1 aromatic heterocycles. The molecule has 186 valence electrons. The summed E-state index contributed by atoms with van der Waals surface area (Å²) in [6, 6.07) is 12.8. The monoisotopic (exact) mass is 526 g/mol. The summed E-state index contributed by atoms with van der Waals surface area (Å²) in [7, 11) is -3.93. The molecule has 1 saturated heterocycles. The van der Waals surface area contributed by atoms with E-state index in [2.05, 4.69) is 9.46 Å². The Bertz CT molecular complexity index is 1270. The Morgan fingerprint density at radius 3 is 2.20 bits per heavy atom. The highest BCUT2D eigenvalue weighted by molar-refractivity contribution is 7.92. The number of benzene rings is 2. The molecular weight excluding hydrogens is 505 g/mol. The third-order valence-electron chi connectivity index (χ3n) is 5.25. The smallest absolute Gasteiger partial charge is 0.406 e. The molecule has 1 aliphatic heterocycles. The Morgan fingerprint density at radius 1 is 1.00 bits per heavy atom. The van der Waals surface area contributed by atoms with Crippen LogP contribution in [0.4, 0.5) is 18.9 Å². The number of sulfonamides is 1. The summed E-state index contributed by atoms with van der Waals surface area (Å²) in [5, 5.41) is 1.72. The van der Waals surface area contributed by atoms with E-state index in [1.807, 2.05) is 0 Å². The summed E-state index contributed by atoms with van der Waals surface area (Å²) in [6.07, 6.45) is -4.69. The van der Waals surface area contributed by atoms with Gasteiger partial charge in [0.2, 0.25) is 5.91 Å². The van der Waals surface area contributed by atoms with Crippen molar-refractivity contribution in [1.29, 1.82) is 0 Å². The number of nitrogens with one attached hydrogen (secondary N) is 1. The minimum absolute atomic E-state index is 0.00920. The number of amides is 1. The second-order valence-electron chi connectivity index (χ2n) is 7.63. The number of carbonyl (C=O) groups is 1. The second kappa shape index (κ2) is 10.3. The zero-order chi connectivity index (χ0) is 25.1. The summed E-state index contributed by atoms with van der Waals surface area (Å²) >= 11 is 1.30. The predicted octanol–water partition coefficient (Wildman–Crippen LogP) is 4.52. The Balaban J connectivity index is 1.44.